The van der Waals surface area contributed by atoms with Gasteiger partial charge in [0.15, 0.2) is 6.39 Å². The molecule has 0 spiro atoms. The van der Waals surface area contributed by atoms with E-state index in [0.717, 1.165) is 24.2 Å². The topological polar surface area (TPSA) is 101 Å². The number of hydrogen-bond donors (Lipinski definition) is 1. The molecule has 1 N–H and O–H groups in total. The molecule has 8 nitrogen and oxygen atoms in total. The molecule has 8 heteroatoms. The monoisotopic (exact) mass is 343 g/mol. The Labute approximate surface area is 145 Å². The summed E-state index contributed by atoms with van der Waals surface area (Å²) in [5.41, 5.74) is 2.30. The van der Waals surface area contributed by atoms with Crippen molar-refractivity contribution in [3.63, 3.8) is 0 Å². The molecule has 1 saturated heterocycles. The largest absolute Gasteiger partial charge is 0.438 e. The third-order valence-electron chi connectivity index (χ3n) is 4.42. The van der Waals surface area contributed by atoms with Crippen LogP contribution in [0, 0.1) is 6.92 Å². The van der Waals surface area contributed by atoms with Gasteiger partial charge in [-0.2, -0.15) is 0 Å². The second kappa shape index (κ2) is 7.42. The van der Waals surface area contributed by atoms with Gasteiger partial charge in [-0.05, 0) is 19.8 Å². The fourth-order valence-electron chi connectivity index (χ4n) is 3.07. The molecule has 132 valence electrons. The molecule has 0 saturated carbocycles. The minimum absolute atomic E-state index is 0.0977. The third-order valence-corrected chi connectivity index (χ3v) is 4.42. The molecule has 0 radical (unpaired) electrons. The highest BCUT2D eigenvalue weighted by Gasteiger charge is 2.29. The summed E-state index contributed by atoms with van der Waals surface area (Å²) < 4.78 is 5.20. The number of piperidine rings is 1. The van der Waals surface area contributed by atoms with E-state index in [1.807, 2.05) is 0 Å². The Balaban J connectivity index is 1.66. The molecular weight excluding hydrogens is 322 g/mol. The van der Waals surface area contributed by atoms with Gasteiger partial charge >= 0.3 is 0 Å². The normalized spacial score (nSPS) is 15.2. The Hall–Kier alpha value is -2.77. The van der Waals surface area contributed by atoms with Crippen molar-refractivity contribution in [2.45, 2.75) is 39.2 Å². The highest BCUT2D eigenvalue weighted by atomic mass is 16.3. The number of nitrogens with zero attached hydrogens (tertiary/aromatic N) is 4. The first kappa shape index (κ1) is 17.1. The lowest BCUT2D eigenvalue weighted by Crippen LogP contribution is -2.38. The summed E-state index contributed by atoms with van der Waals surface area (Å²) in [5.74, 6) is 0.312. The summed E-state index contributed by atoms with van der Waals surface area (Å²) in [6.45, 7) is 4.86. The predicted octanol–water partition coefficient (Wildman–Crippen LogP) is 1.43. The van der Waals surface area contributed by atoms with Crippen LogP contribution in [0.2, 0.25) is 0 Å². The van der Waals surface area contributed by atoms with Gasteiger partial charge in [-0.25, -0.2) is 4.98 Å². The van der Waals surface area contributed by atoms with Crippen molar-refractivity contribution in [3.05, 3.63) is 41.6 Å². The van der Waals surface area contributed by atoms with E-state index in [1.54, 1.807) is 24.2 Å². The molecule has 3 heterocycles. The summed E-state index contributed by atoms with van der Waals surface area (Å²) in [5, 5.41) is 2.77. The number of carbonyl (C=O) groups is 2. The maximum absolute atomic E-state index is 12.5. The highest BCUT2D eigenvalue weighted by Crippen LogP contribution is 2.29. The van der Waals surface area contributed by atoms with Crippen molar-refractivity contribution < 1.29 is 14.0 Å². The Kier molecular flexibility index (Phi) is 5.06. The molecule has 0 aliphatic carbocycles. The van der Waals surface area contributed by atoms with Gasteiger partial charge in [0.25, 0.3) is 5.91 Å². The van der Waals surface area contributed by atoms with Gasteiger partial charge in [-0.1, -0.05) is 0 Å². The summed E-state index contributed by atoms with van der Waals surface area (Å²) in [7, 11) is 0. The zero-order valence-electron chi connectivity index (χ0n) is 14.4. The lowest BCUT2D eigenvalue weighted by Gasteiger charge is -2.31. The van der Waals surface area contributed by atoms with Gasteiger partial charge < -0.3 is 14.6 Å². The maximum Gasteiger partial charge on any atom is 0.291 e. The Morgan fingerprint density at radius 3 is 2.60 bits per heavy atom. The van der Waals surface area contributed by atoms with Crippen molar-refractivity contribution in [3.8, 4) is 0 Å². The Bertz CT molecular complexity index is 765. The van der Waals surface area contributed by atoms with Crippen LogP contribution in [-0.4, -0.2) is 44.8 Å². The van der Waals surface area contributed by atoms with E-state index < -0.39 is 0 Å². The zero-order chi connectivity index (χ0) is 17.8. The van der Waals surface area contributed by atoms with E-state index in [4.69, 9.17) is 4.42 Å². The van der Waals surface area contributed by atoms with E-state index in [1.165, 1.54) is 13.3 Å². The van der Waals surface area contributed by atoms with Crippen molar-refractivity contribution in [1.29, 1.82) is 0 Å². The molecule has 0 atom stereocenters. The molecule has 2 aromatic rings. The average molecular weight is 343 g/mol. The van der Waals surface area contributed by atoms with Gasteiger partial charge in [0.1, 0.15) is 0 Å². The minimum Gasteiger partial charge on any atom is -0.438 e. The first-order valence-electron chi connectivity index (χ1n) is 8.30. The molecule has 0 aromatic carbocycles. The number of rotatable bonds is 4. The van der Waals surface area contributed by atoms with Crippen LogP contribution in [0.3, 0.4) is 0 Å². The smallest absolute Gasteiger partial charge is 0.291 e. The van der Waals surface area contributed by atoms with Crippen molar-refractivity contribution in [2.24, 2.45) is 0 Å². The number of carbonyl (C=O) groups excluding carboxylic acids is 2. The lowest BCUT2D eigenvalue weighted by molar-refractivity contribution is -0.119. The van der Waals surface area contributed by atoms with Crippen LogP contribution in [0.4, 0.5) is 0 Å². The van der Waals surface area contributed by atoms with E-state index in [2.05, 4.69) is 20.3 Å². The summed E-state index contributed by atoms with van der Waals surface area (Å²) >= 11 is 0. The molecule has 1 aliphatic heterocycles. The Morgan fingerprint density at radius 1 is 1.24 bits per heavy atom. The number of amides is 2. The van der Waals surface area contributed by atoms with Crippen LogP contribution < -0.4 is 5.32 Å². The molecular formula is C17H21N5O3. The second-order valence-corrected chi connectivity index (χ2v) is 6.13. The molecule has 2 amide bonds. The standard InChI is InChI=1S/C17H21N5O3/c1-11-16(25-10-21-11)17(24)22-7-3-13(4-8-22)15-14(9-20-12(2)23)18-5-6-19-15/h5-6,10,13H,3-4,7-9H2,1-2H3,(H,20,23). The summed E-state index contributed by atoms with van der Waals surface area (Å²) in [4.78, 5) is 38.2. The van der Waals surface area contributed by atoms with Crippen LogP contribution in [0.5, 0.6) is 0 Å². The fourth-order valence-corrected chi connectivity index (χ4v) is 3.07. The van der Waals surface area contributed by atoms with Crippen molar-refractivity contribution in [1.82, 2.24) is 25.2 Å². The van der Waals surface area contributed by atoms with E-state index in [9.17, 15) is 9.59 Å². The van der Waals surface area contributed by atoms with Gasteiger partial charge in [-0.3, -0.25) is 19.6 Å². The SMILES string of the molecule is CC(=O)NCc1nccnc1C1CCN(C(=O)c2ocnc2C)CC1. The maximum atomic E-state index is 12.5. The number of aromatic nitrogens is 3. The van der Waals surface area contributed by atoms with Crippen molar-refractivity contribution in [2.75, 3.05) is 13.1 Å². The Morgan fingerprint density at radius 2 is 1.96 bits per heavy atom. The van der Waals surface area contributed by atoms with Crippen LogP contribution in [0.25, 0.3) is 0 Å². The first-order chi connectivity index (χ1) is 12.1. The van der Waals surface area contributed by atoms with Crippen LogP contribution in [0.1, 0.15) is 53.3 Å². The molecule has 2 aromatic heterocycles. The second-order valence-electron chi connectivity index (χ2n) is 6.13. The van der Waals surface area contributed by atoms with Gasteiger partial charge in [0.05, 0.1) is 23.6 Å². The van der Waals surface area contributed by atoms with Gasteiger partial charge in [-0.15, -0.1) is 0 Å². The van der Waals surface area contributed by atoms with Crippen molar-refractivity contribution >= 4 is 11.8 Å². The molecule has 3 rings (SSSR count). The van der Waals surface area contributed by atoms with E-state index in [-0.39, 0.29) is 17.7 Å². The number of likely N-dealkylation sites (tertiary alicyclic amines) is 1. The quantitative estimate of drug-likeness (QED) is 0.901. The molecule has 1 fully saturated rings. The average Bonchev–Trinajstić information content (AvgIpc) is 3.06. The highest BCUT2D eigenvalue weighted by molar-refractivity contribution is 5.92. The van der Waals surface area contributed by atoms with Crippen LogP contribution in [0.15, 0.2) is 23.2 Å². The lowest BCUT2D eigenvalue weighted by atomic mass is 9.91. The molecule has 0 bridgehead atoms. The van der Waals surface area contributed by atoms with Gasteiger partial charge in [0, 0.05) is 38.3 Å². The minimum atomic E-state index is -0.119. The predicted molar refractivity (Wildman–Crippen MR) is 88.7 cm³/mol. The molecule has 1 aliphatic rings. The molecule has 25 heavy (non-hydrogen) atoms. The molecule has 0 unspecified atom stereocenters. The first-order valence-corrected chi connectivity index (χ1v) is 8.30. The van der Waals surface area contributed by atoms with E-state index in [0.29, 0.717) is 31.1 Å². The van der Waals surface area contributed by atoms with E-state index >= 15 is 0 Å². The zero-order valence-corrected chi connectivity index (χ0v) is 14.4. The summed E-state index contributed by atoms with van der Waals surface area (Å²) in [6.07, 6.45) is 6.19. The van der Waals surface area contributed by atoms with Crippen LogP contribution in [-0.2, 0) is 11.3 Å². The third kappa shape index (κ3) is 3.84. The number of oxazole rings is 1. The summed E-state index contributed by atoms with van der Waals surface area (Å²) in [6, 6.07) is 0. The number of nitrogens with one attached hydrogen (secondary N) is 1. The fraction of sp³-hybridized carbons (Fsp3) is 0.471. The number of aryl methyl sites for hydroxylation is 1. The number of hydrogen-bond acceptors (Lipinski definition) is 6. The van der Waals surface area contributed by atoms with Gasteiger partial charge in [0.2, 0.25) is 11.7 Å². The van der Waals surface area contributed by atoms with Crippen LogP contribution >= 0.6 is 0 Å².